The van der Waals surface area contributed by atoms with Crippen molar-refractivity contribution in [3.63, 3.8) is 0 Å². The van der Waals surface area contributed by atoms with Gasteiger partial charge in [-0.15, -0.1) is 0 Å². The number of Topliss-reactive ketones (excluding diaryl/α,β-unsaturated/α-hetero) is 1. The van der Waals surface area contributed by atoms with Crippen LogP contribution < -0.4 is 0 Å². The Balaban J connectivity index is 2.19. The summed E-state index contributed by atoms with van der Waals surface area (Å²) in [5.41, 5.74) is 0. The van der Waals surface area contributed by atoms with E-state index >= 15 is 0 Å². The Kier molecular flexibility index (Phi) is 7.14. The second-order valence-electron chi connectivity index (χ2n) is 11.1. The van der Waals surface area contributed by atoms with Crippen LogP contribution in [-0.2, 0) is 18.8 Å². The quantitative estimate of drug-likeness (QED) is 0.466. The van der Waals surface area contributed by atoms with Crippen molar-refractivity contribution in [2.75, 3.05) is 0 Å². The molecule has 1 aliphatic heterocycles. The number of piperidine rings is 1. The van der Waals surface area contributed by atoms with Crippen LogP contribution in [0.4, 0.5) is 0 Å². The van der Waals surface area contributed by atoms with Crippen molar-refractivity contribution < 1.29 is 18.8 Å². The van der Waals surface area contributed by atoms with Crippen LogP contribution in [0.3, 0.4) is 0 Å². The molecule has 0 bridgehead atoms. The highest BCUT2D eigenvalue weighted by molar-refractivity contribution is 6.78. The summed E-state index contributed by atoms with van der Waals surface area (Å²) in [5.74, 6) is 0.673. The van der Waals surface area contributed by atoms with E-state index in [4.69, 9.17) is 4.43 Å². The van der Waals surface area contributed by atoms with E-state index in [1.807, 2.05) is 26.6 Å². The summed E-state index contributed by atoms with van der Waals surface area (Å²) in [6.45, 7) is 16.8. The summed E-state index contributed by atoms with van der Waals surface area (Å²) >= 11 is 0. The minimum atomic E-state index is -2.00. The molecule has 1 heterocycles. The van der Waals surface area contributed by atoms with E-state index in [-0.39, 0.29) is 35.7 Å². The number of ketones is 1. The fraction of sp³-hybridized carbons (Fsp3) is 0.857. The van der Waals surface area contributed by atoms with Gasteiger partial charge in [0, 0.05) is 24.7 Å². The molecule has 2 fully saturated rings. The summed E-state index contributed by atoms with van der Waals surface area (Å²) in [6, 6.07) is 0. The topological polar surface area (TPSA) is 63.7 Å². The molecule has 1 aliphatic carbocycles. The lowest BCUT2D eigenvalue weighted by Gasteiger charge is -2.42. The van der Waals surface area contributed by atoms with E-state index in [2.05, 4.69) is 26.6 Å². The highest BCUT2D eigenvalue weighted by Gasteiger charge is 2.44. The third kappa shape index (κ3) is 5.86. The lowest BCUT2D eigenvalue weighted by atomic mass is 9.71. The van der Waals surface area contributed by atoms with Gasteiger partial charge in [-0.05, 0) is 50.7 Å². The van der Waals surface area contributed by atoms with Gasteiger partial charge in [0.2, 0.25) is 11.8 Å². The molecule has 0 aromatic rings. The molecular weight excluding hydrogens is 386 g/mol. The first-order valence-electron chi connectivity index (χ1n) is 10.8. The van der Waals surface area contributed by atoms with Crippen molar-refractivity contribution in [2.45, 2.75) is 91.3 Å². The number of carbonyl (C=O) groups excluding carboxylic acids is 3. The number of rotatable bonds is 6. The minimum absolute atomic E-state index is 0.0192. The third-order valence-electron chi connectivity index (χ3n) is 5.88. The second-order valence-corrected chi connectivity index (χ2v) is 20.3. The van der Waals surface area contributed by atoms with Crippen LogP contribution in [0.15, 0.2) is 0 Å². The number of imide groups is 1. The molecule has 0 spiro atoms. The van der Waals surface area contributed by atoms with Crippen molar-refractivity contribution >= 4 is 34.2 Å². The highest BCUT2D eigenvalue weighted by Crippen LogP contribution is 2.38. The Hall–Kier alpha value is -0.796. The fourth-order valence-electron chi connectivity index (χ4n) is 4.95. The van der Waals surface area contributed by atoms with Crippen molar-refractivity contribution in [3.8, 4) is 0 Å². The SMILES string of the molecule is CC1CC(C)C(=O)C(C(CC2CC(=O)N([Si](C)(C)C)C(=O)C2)O[Si](C)(C)C)C1. The number of hydrogen-bond acceptors (Lipinski definition) is 4. The van der Waals surface area contributed by atoms with E-state index in [0.717, 1.165) is 12.8 Å². The van der Waals surface area contributed by atoms with Gasteiger partial charge in [-0.1, -0.05) is 33.5 Å². The molecule has 1 saturated heterocycles. The molecule has 0 radical (unpaired) electrons. The Bertz CT molecular complexity index is 605. The van der Waals surface area contributed by atoms with Gasteiger partial charge in [0.05, 0.1) is 6.10 Å². The zero-order chi connectivity index (χ0) is 21.4. The second kappa shape index (κ2) is 8.52. The predicted molar refractivity (Wildman–Crippen MR) is 117 cm³/mol. The summed E-state index contributed by atoms with van der Waals surface area (Å²) in [5, 5.41) is 0. The fourth-order valence-corrected chi connectivity index (χ4v) is 7.79. The zero-order valence-electron chi connectivity index (χ0n) is 19.0. The molecule has 7 heteroatoms. The van der Waals surface area contributed by atoms with E-state index in [9.17, 15) is 14.4 Å². The van der Waals surface area contributed by atoms with Crippen LogP contribution in [0.5, 0.6) is 0 Å². The lowest BCUT2D eigenvalue weighted by molar-refractivity contribution is -0.144. The van der Waals surface area contributed by atoms with E-state index in [0.29, 0.717) is 31.0 Å². The van der Waals surface area contributed by atoms with Gasteiger partial charge in [0.25, 0.3) is 0 Å². The minimum Gasteiger partial charge on any atom is -0.414 e. The van der Waals surface area contributed by atoms with Gasteiger partial charge in [-0.2, -0.15) is 0 Å². The van der Waals surface area contributed by atoms with E-state index < -0.39 is 16.6 Å². The molecule has 4 unspecified atom stereocenters. The largest absolute Gasteiger partial charge is 0.414 e. The number of amides is 2. The Morgan fingerprint density at radius 3 is 1.96 bits per heavy atom. The maximum atomic E-state index is 13.0. The molecule has 160 valence electrons. The van der Waals surface area contributed by atoms with Gasteiger partial charge in [0.15, 0.2) is 16.6 Å². The molecule has 0 aromatic heterocycles. The van der Waals surface area contributed by atoms with Crippen molar-refractivity contribution in [2.24, 2.45) is 23.7 Å². The van der Waals surface area contributed by atoms with Gasteiger partial charge in [0.1, 0.15) is 5.78 Å². The van der Waals surface area contributed by atoms with Crippen LogP contribution in [0, 0.1) is 23.7 Å². The molecule has 5 nitrogen and oxygen atoms in total. The normalized spacial score (nSPS) is 29.4. The standard InChI is InChI=1S/C21H39NO4Si2/c1-14-9-15(2)21(25)17(10-14)18(26-28(6,7)8)11-16-12-19(23)22(20(24)13-16)27(3,4)5/h14-18H,9-13H2,1-8H3. The average Bonchev–Trinajstić information content (AvgIpc) is 2.46. The number of hydrogen-bond donors (Lipinski definition) is 0. The first-order valence-corrected chi connectivity index (χ1v) is 17.6. The molecule has 4 atom stereocenters. The smallest absolute Gasteiger partial charge is 0.221 e. The summed E-state index contributed by atoms with van der Waals surface area (Å²) in [6.07, 6.45) is 3.06. The highest BCUT2D eigenvalue weighted by atomic mass is 28.4. The summed E-state index contributed by atoms with van der Waals surface area (Å²) < 4.78 is 8.05. The van der Waals surface area contributed by atoms with Gasteiger partial charge in [-0.25, -0.2) is 0 Å². The van der Waals surface area contributed by atoms with Crippen molar-refractivity contribution in [1.29, 1.82) is 0 Å². The molecular formula is C21H39NO4Si2. The third-order valence-corrected chi connectivity index (χ3v) is 8.73. The molecule has 1 saturated carbocycles. The van der Waals surface area contributed by atoms with Crippen LogP contribution >= 0.6 is 0 Å². The molecule has 2 rings (SSSR count). The van der Waals surface area contributed by atoms with Crippen LogP contribution in [0.2, 0.25) is 39.3 Å². The first kappa shape index (κ1) is 23.5. The summed E-state index contributed by atoms with van der Waals surface area (Å²) in [4.78, 5) is 38.4. The van der Waals surface area contributed by atoms with Crippen LogP contribution in [0.25, 0.3) is 0 Å². The van der Waals surface area contributed by atoms with Gasteiger partial charge >= 0.3 is 0 Å². The van der Waals surface area contributed by atoms with Crippen molar-refractivity contribution in [1.82, 2.24) is 4.57 Å². The average molecular weight is 426 g/mol. The van der Waals surface area contributed by atoms with Gasteiger partial charge in [-0.3, -0.25) is 14.4 Å². The predicted octanol–water partition coefficient (Wildman–Crippen LogP) is 4.45. The molecule has 2 amide bonds. The van der Waals surface area contributed by atoms with Gasteiger partial charge < -0.3 is 8.99 Å². The maximum absolute atomic E-state index is 13.0. The zero-order valence-corrected chi connectivity index (χ0v) is 21.0. The number of carbonyl (C=O) groups is 3. The molecule has 0 aromatic carbocycles. The Labute approximate surface area is 172 Å². The molecule has 0 N–H and O–H groups in total. The first-order chi connectivity index (χ1) is 12.7. The molecule has 2 aliphatic rings. The van der Waals surface area contributed by atoms with Crippen LogP contribution in [-0.4, -0.2) is 44.8 Å². The van der Waals surface area contributed by atoms with E-state index in [1.165, 1.54) is 0 Å². The Morgan fingerprint density at radius 2 is 1.50 bits per heavy atom. The van der Waals surface area contributed by atoms with Crippen LogP contribution in [0.1, 0.15) is 46.0 Å². The monoisotopic (exact) mass is 425 g/mol. The Morgan fingerprint density at radius 1 is 0.964 bits per heavy atom. The number of nitrogens with zero attached hydrogens (tertiary/aromatic N) is 1. The van der Waals surface area contributed by atoms with E-state index in [1.54, 1.807) is 4.57 Å². The lowest BCUT2D eigenvalue weighted by Crippen LogP contribution is -2.56. The summed E-state index contributed by atoms with van der Waals surface area (Å²) in [7, 11) is -3.86. The molecule has 28 heavy (non-hydrogen) atoms. The van der Waals surface area contributed by atoms with Crippen molar-refractivity contribution in [3.05, 3.63) is 0 Å². The maximum Gasteiger partial charge on any atom is 0.221 e.